The molecule has 1 heterocycles. The van der Waals surface area contributed by atoms with Crippen molar-refractivity contribution >= 4 is 5.91 Å². The number of benzene rings is 1. The molecule has 3 unspecified atom stereocenters. The molecule has 1 aromatic carbocycles. The Morgan fingerprint density at radius 2 is 2.19 bits per heavy atom. The molecule has 21 heavy (non-hydrogen) atoms. The zero-order valence-electron chi connectivity index (χ0n) is 12.8. The highest BCUT2D eigenvalue weighted by Crippen LogP contribution is 2.38. The van der Waals surface area contributed by atoms with Crippen LogP contribution in [-0.4, -0.2) is 37.6 Å². The van der Waals surface area contributed by atoms with E-state index < -0.39 is 0 Å². The maximum atomic E-state index is 12.7. The quantitative estimate of drug-likeness (QED) is 0.922. The fourth-order valence-electron chi connectivity index (χ4n) is 3.86. The molecule has 1 aliphatic carbocycles. The van der Waals surface area contributed by atoms with Crippen molar-refractivity contribution in [1.29, 1.82) is 0 Å². The molecular formula is C17H24N2O2. The molecule has 4 heteroatoms. The SMILES string of the molecule is COc1ccccc1CN(C)C(=O)C1NCC2CCCC21. The van der Waals surface area contributed by atoms with E-state index in [9.17, 15) is 4.79 Å². The van der Waals surface area contributed by atoms with Crippen LogP contribution in [0.2, 0.25) is 0 Å². The number of hydrogen-bond donors (Lipinski definition) is 1. The third kappa shape index (κ3) is 2.77. The average Bonchev–Trinajstić information content (AvgIpc) is 3.10. The first-order valence-corrected chi connectivity index (χ1v) is 7.81. The van der Waals surface area contributed by atoms with Gasteiger partial charge in [0.05, 0.1) is 13.2 Å². The van der Waals surface area contributed by atoms with E-state index in [0.717, 1.165) is 17.9 Å². The Bertz CT molecular complexity index is 517. The van der Waals surface area contributed by atoms with Gasteiger partial charge in [-0.3, -0.25) is 4.79 Å². The lowest BCUT2D eigenvalue weighted by Gasteiger charge is -2.25. The fraction of sp³-hybridized carbons (Fsp3) is 0.588. The van der Waals surface area contributed by atoms with Crippen molar-refractivity contribution in [2.45, 2.75) is 31.8 Å². The van der Waals surface area contributed by atoms with Gasteiger partial charge in [0.1, 0.15) is 5.75 Å². The predicted octanol–water partition coefficient (Wildman–Crippen LogP) is 2.04. The Morgan fingerprint density at radius 1 is 1.38 bits per heavy atom. The van der Waals surface area contributed by atoms with Crippen molar-refractivity contribution in [3.05, 3.63) is 29.8 Å². The minimum absolute atomic E-state index is 0.0113. The first-order valence-electron chi connectivity index (χ1n) is 7.81. The van der Waals surface area contributed by atoms with Crippen LogP contribution in [0.3, 0.4) is 0 Å². The lowest BCUT2D eigenvalue weighted by Crippen LogP contribution is -2.44. The summed E-state index contributed by atoms with van der Waals surface area (Å²) in [6.45, 7) is 1.60. The standard InChI is InChI=1S/C17H24N2O2/c1-19(11-13-6-3-4-9-15(13)21-2)17(20)16-14-8-5-7-12(14)10-18-16/h3-4,6,9,12,14,16,18H,5,7-8,10-11H2,1-2H3. The molecule has 1 aliphatic heterocycles. The van der Waals surface area contributed by atoms with Crippen LogP contribution >= 0.6 is 0 Å². The number of hydrogen-bond acceptors (Lipinski definition) is 3. The molecule has 1 saturated heterocycles. The van der Waals surface area contributed by atoms with Crippen LogP contribution in [0.15, 0.2) is 24.3 Å². The van der Waals surface area contributed by atoms with Crippen molar-refractivity contribution in [2.75, 3.05) is 20.7 Å². The van der Waals surface area contributed by atoms with Gasteiger partial charge in [0.2, 0.25) is 5.91 Å². The Labute approximate surface area is 126 Å². The molecule has 0 aromatic heterocycles. The van der Waals surface area contributed by atoms with Gasteiger partial charge in [0.15, 0.2) is 0 Å². The van der Waals surface area contributed by atoms with Gasteiger partial charge in [-0.05, 0) is 37.3 Å². The van der Waals surface area contributed by atoms with Crippen LogP contribution < -0.4 is 10.1 Å². The highest BCUT2D eigenvalue weighted by atomic mass is 16.5. The summed E-state index contributed by atoms with van der Waals surface area (Å²) in [5.41, 5.74) is 1.05. The molecule has 0 spiro atoms. The van der Waals surface area contributed by atoms with E-state index >= 15 is 0 Å². The molecule has 2 aliphatic rings. The Hall–Kier alpha value is -1.55. The summed E-state index contributed by atoms with van der Waals surface area (Å²) in [6.07, 6.45) is 3.74. The van der Waals surface area contributed by atoms with E-state index in [-0.39, 0.29) is 11.9 Å². The molecular weight excluding hydrogens is 264 g/mol. The van der Waals surface area contributed by atoms with Crippen LogP contribution in [0.25, 0.3) is 0 Å². The first kappa shape index (κ1) is 14.4. The molecule has 1 saturated carbocycles. The number of likely N-dealkylation sites (N-methyl/N-ethyl adjacent to an activating group) is 1. The van der Waals surface area contributed by atoms with Gasteiger partial charge in [0.25, 0.3) is 0 Å². The normalized spacial score (nSPS) is 27.4. The summed E-state index contributed by atoms with van der Waals surface area (Å²) in [7, 11) is 3.56. The van der Waals surface area contributed by atoms with E-state index in [1.807, 2.05) is 36.2 Å². The number of carbonyl (C=O) groups is 1. The molecule has 3 rings (SSSR count). The summed E-state index contributed by atoms with van der Waals surface area (Å²) in [6, 6.07) is 7.90. The van der Waals surface area contributed by atoms with Crippen LogP contribution in [0, 0.1) is 11.8 Å². The van der Waals surface area contributed by atoms with Gasteiger partial charge in [-0.2, -0.15) is 0 Å². The molecule has 1 amide bonds. The maximum Gasteiger partial charge on any atom is 0.240 e. The predicted molar refractivity (Wildman–Crippen MR) is 82.1 cm³/mol. The number of methoxy groups -OCH3 is 1. The zero-order chi connectivity index (χ0) is 14.8. The fourth-order valence-corrected chi connectivity index (χ4v) is 3.86. The summed E-state index contributed by atoms with van der Waals surface area (Å²) >= 11 is 0. The number of nitrogens with one attached hydrogen (secondary N) is 1. The number of para-hydroxylation sites is 1. The average molecular weight is 288 g/mol. The zero-order valence-corrected chi connectivity index (χ0v) is 12.8. The second kappa shape index (κ2) is 6.06. The summed E-state index contributed by atoms with van der Waals surface area (Å²) in [5, 5.41) is 3.43. The molecule has 3 atom stereocenters. The van der Waals surface area contributed by atoms with Gasteiger partial charge in [-0.25, -0.2) is 0 Å². The van der Waals surface area contributed by atoms with E-state index in [1.165, 1.54) is 19.3 Å². The van der Waals surface area contributed by atoms with Crippen molar-refractivity contribution in [3.8, 4) is 5.75 Å². The van der Waals surface area contributed by atoms with E-state index in [0.29, 0.717) is 18.4 Å². The second-order valence-electron chi connectivity index (χ2n) is 6.25. The van der Waals surface area contributed by atoms with Crippen molar-refractivity contribution in [2.24, 2.45) is 11.8 Å². The minimum Gasteiger partial charge on any atom is -0.496 e. The molecule has 1 N–H and O–H groups in total. The lowest BCUT2D eigenvalue weighted by molar-refractivity contribution is -0.133. The molecule has 114 valence electrons. The van der Waals surface area contributed by atoms with Crippen LogP contribution in [-0.2, 0) is 11.3 Å². The number of rotatable bonds is 4. The van der Waals surface area contributed by atoms with E-state index in [4.69, 9.17) is 4.74 Å². The highest BCUT2D eigenvalue weighted by molar-refractivity contribution is 5.82. The summed E-state index contributed by atoms with van der Waals surface area (Å²) in [4.78, 5) is 14.5. The number of nitrogens with zero attached hydrogens (tertiary/aromatic N) is 1. The van der Waals surface area contributed by atoms with E-state index in [2.05, 4.69) is 5.32 Å². The van der Waals surface area contributed by atoms with Crippen molar-refractivity contribution in [3.63, 3.8) is 0 Å². The van der Waals surface area contributed by atoms with Gasteiger partial charge < -0.3 is 15.0 Å². The van der Waals surface area contributed by atoms with Gasteiger partial charge >= 0.3 is 0 Å². The molecule has 4 nitrogen and oxygen atoms in total. The Morgan fingerprint density at radius 3 is 3.00 bits per heavy atom. The third-order valence-corrected chi connectivity index (χ3v) is 4.99. The topological polar surface area (TPSA) is 41.6 Å². The van der Waals surface area contributed by atoms with Crippen LogP contribution in [0.1, 0.15) is 24.8 Å². The maximum absolute atomic E-state index is 12.7. The second-order valence-corrected chi connectivity index (χ2v) is 6.25. The van der Waals surface area contributed by atoms with Crippen molar-refractivity contribution in [1.82, 2.24) is 10.2 Å². The molecule has 0 radical (unpaired) electrons. The Balaban J connectivity index is 1.67. The number of carbonyl (C=O) groups excluding carboxylic acids is 1. The van der Waals surface area contributed by atoms with Crippen LogP contribution in [0.5, 0.6) is 5.75 Å². The minimum atomic E-state index is 0.0113. The number of ether oxygens (including phenoxy) is 1. The molecule has 0 bridgehead atoms. The largest absolute Gasteiger partial charge is 0.496 e. The van der Waals surface area contributed by atoms with Crippen LogP contribution in [0.4, 0.5) is 0 Å². The van der Waals surface area contributed by atoms with Crippen molar-refractivity contribution < 1.29 is 9.53 Å². The van der Waals surface area contributed by atoms with Gasteiger partial charge in [-0.15, -0.1) is 0 Å². The third-order valence-electron chi connectivity index (χ3n) is 4.99. The monoisotopic (exact) mass is 288 g/mol. The Kier molecular flexibility index (Phi) is 4.15. The molecule has 1 aromatic rings. The van der Waals surface area contributed by atoms with E-state index in [1.54, 1.807) is 7.11 Å². The molecule has 2 fully saturated rings. The summed E-state index contributed by atoms with van der Waals surface area (Å²) in [5.74, 6) is 2.31. The highest BCUT2D eigenvalue weighted by Gasteiger charge is 2.43. The van der Waals surface area contributed by atoms with Gasteiger partial charge in [-0.1, -0.05) is 24.6 Å². The summed E-state index contributed by atoms with van der Waals surface area (Å²) < 4.78 is 5.37. The first-order chi connectivity index (χ1) is 10.2. The van der Waals surface area contributed by atoms with Gasteiger partial charge in [0, 0.05) is 19.2 Å². The smallest absolute Gasteiger partial charge is 0.240 e. The lowest BCUT2D eigenvalue weighted by atomic mass is 9.93. The number of amides is 1. The number of fused-ring (bicyclic) bond motifs is 1.